The normalized spacial score (nSPS) is 22.4. The summed E-state index contributed by atoms with van der Waals surface area (Å²) >= 11 is 0. The van der Waals surface area contributed by atoms with Crippen molar-refractivity contribution >= 4 is 0 Å². The van der Waals surface area contributed by atoms with Gasteiger partial charge in [-0.25, -0.2) is 0 Å². The van der Waals surface area contributed by atoms with Gasteiger partial charge in [0.05, 0.1) is 6.10 Å². The zero-order valence-corrected chi connectivity index (χ0v) is 6.64. The van der Waals surface area contributed by atoms with Crippen LogP contribution in [0.1, 0.15) is 39.0 Å². The van der Waals surface area contributed by atoms with Gasteiger partial charge in [-0.05, 0) is 32.6 Å². The topological polar surface area (TPSA) is 20.2 Å². The molecule has 1 fully saturated rings. The van der Waals surface area contributed by atoms with E-state index in [0.717, 1.165) is 0 Å². The molecule has 0 radical (unpaired) electrons. The minimum atomic E-state index is -0.243. The lowest BCUT2D eigenvalue weighted by molar-refractivity contribution is 0.242. The van der Waals surface area contributed by atoms with Crippen molar-refractivity contribution in [1.29, 1.82) is 0 Å². The van der Waals surface area contributed by atoms with Crippen molar-refractivity contribution in [2.75, 3.05) is 0 Å². The number of allylic oxidation sites excluding steroid dienone is 1. The molecule has 58 valence electrons. The number of rotatable bonds is 1. The third-order valence-corrected chi connectivity index (χ3v) is 1.97. The van der Waals surface area contributed by atoms with E-state index in [2.05, 4.69) is 0 Å². The Morgan fingerprint density at radius 1 is 1.30 bits per heavy atom. The lowest BCUT2D eigenvalue weighted by Gasteiger charge is -2.13. The maximum atomic E-state index is 9.03. The summed E-state index contributed by atoms with van der Waals surface area (Å²) in [6.45, 7) is 1.82. The molecule has 1 aliphatic rings. The smallest absolute Gasteiger partial charge is 0.0695 e. The van der Waals surface area contributed by atoms with Crippen molar-refractivity contribution in [3.8, 4) is 0 Å². The maximum absolute atomic E-state index is 9.03. The van der Waals surface area contributed by atoms with Gasteiger partial charge in [-0.2, -0.15) is 0 Å². The average Bonchev–Trinajstić information content (AvgIpc) is 1.88. The summed E-state index contributed by atoms with van der Waals surface area (Å²) in [6, 6.07) is 0. The zero-order valence-electron chi connectivity index (χ0n) is 6.64. The zero-order chi connectivity index (χ0) is 7.40. The Morgan fingerprint density at radius 2 is 1.90 bits per heavy atom. The molecule has 0 aromatic rings. The minimum absolute atomic E-state index is 0.243. The second-order valence-corrected chi connectivity index (χ2v) is 3.13. The van der Waals surface area contributed by atoms with E-state index in [9.17, 15) is 0 Å². The lowest BCUT2D eigenvalue weighted by atomic mass is 9.94. The molecule has 1 atom stereocenters. The van der Waals surface area contributed by atoms with Gasteiger partial charge in [-0.3, -0.25) is 0 Å². The van der Waals surface area contributed by atoms with Gasteiger partial charge < -0.3 is 5.11 Å². The Morgan fingerprint density at radius 3 is 2.40 bits per heavy atom. The lowest BCUT2D eigenvalue weighted by Crippen LogP contribution is -2.00. The first-order chi connectivity index (χ1) is 4.79. The van der Waals surface area contributed by atoms with Crippen LogP contribution in [-0.4, -0.2) is 11.2 Å². The second kappa shape index (κ2) is 3.77. The Hall–Kier alpha value is -0.300. The van der Waals surface area contributed by atoms with E-state index in [1.54, 1.807) is 0 Å². The standard InChI is InChI=1S/C9H16O/c1-8(10)7-9-5-3-2-4-6-9/h7-8,10H,2-6H2,1H3/t8-/m0/s1. The van der Waals surface area contributed by atoms with Crippen LogP contribution >= 0.6 is 0 Å². The molecule has 0 unspecified atom stereocenters. The molecule has 0 bridgehead atoms. The summed E-state index contributed by atoms with van der Waals surface area (Å²) in [5.41, 5.74) is 1.46. The molecule has 1 rings (SSSR count). The molecule has 10 heavy (non-hydrogen) atoms. The molecule has 1 saturated carbocycles. The van der Waals surface area contributed by atoms with Crippen LogP contribution in [0, 0.1) is 0 Å². The molecule has 1 N–H and O–H groups in total. The molecule has 1 nitrogen and oxygen atoms in total. The van der Waals surface area contributed by atoms with Crippen LogP contribution < -0.4 is 0 Å². The summed E-state index contributed by atoms with van der Waals surface area (Å²) in [6.07, 6.45) is 8.19. The van der Waals surface area contributed by atoms with Gasteiger partial charge in [0.15, 0.2) is 0 Å². The molecule has 0 spiro atoms. The highest BCUT2D eigenvalue weighted by molar-refractivity contribution is 5.06. The van der Waals surface area contributed by atoms with Crippen LogP contribution in [0.25, 0.3) is 0 Å². The highest BCUT2D eigenvalue weighted by Crippen LogP contribution is 2.22. The maximum Gasteiger partial charge on any atom is 0.0695 e. The molecule has 0 aliphatic heterocycles. The van der Waals surface area contributed by atoms with Crippen LogP contribution in [-0.2, 0) is 0 Å². The Labute approximate surface area is 62.8 Å². The average molecular weight is 140 g/mol. The first-order valence-corrected chi connectivity index (χ1v) is 4.16. The molecule has 0 aromatic heterocycles. The van der Waals surface area contributed by atoms with Crippen LogP contribution in [0.15, 0.2) is 11.6 Å². The van der Waals surface area contributed by atoms with E-state index < -0.39 is 0 Å². The predicted molar refractivity (Wildman–Crippen MR) is 42.8 cm³/mol. The second-order valence-electron chi connectivity index (χ2n) is 3.13. The SMILES string of the molecule is C[C@H](O)C=C1CCCCC1. The van der Waals surface area contributed by atoms with Crippen molar-refractivity contribution in [2.24, 2.45) is 0 Å². The van der Waals surface area contributed by atoms with Crippen molar-refractivity contribution in [3.63, 3.8) is 0 Å². The minimum Gasteiger partial charge on any atom is -0.389 e. The monoisotopic (exact) mass is 140 g/mol. The molecule has 0 saturated heterocycles. The highest BCUT2D eigenvalue weighted by Gasteiger charge is 2.05. The summed E-state index contributed by atoms with van der Waals surface area (Å²) in [5.74, 6) is 0. The van der Waals surface area contributed by atoms with Crippen LogP contribution in [0.2, 0.25) is 0 Å². The van der Waals surface area contributed by atoms with E-state index in [-0.39, 0.29) is 6.10 Å². The van der Waals surface area contributed by atoms with Crippen molar-refractivity contribution in [1.82, 2.24) is 0 Å². The van der Waals surface area contributed by atoms with Gasteiger partial charge in [-0.15, -0.1) is 0 Å². The molecule has 1 aliphatic carbocycles. The predicted octanol–water partition coefficient (Wildman–Crippen LogP) is 2.26. The highest BCUT2D eigenvalue weighted by atomic mass is 16.3. The largest absolute Gasteiger partial charge is 0.389 e. The van der Waals surface area contributed by atoms with E-state index in [4.69, 9.17) is 5.11 Å². The Kier molecular flexibility index (Phi) is 2.94. The molecule has 0 heterocycles. The fourth-order valence-corrected chi connectivity index (χ4v) is 1.51. The van der Waals surface area contributed by atoms with Gasteiger partial charge in [-0.1, -0.05) is 18.1 Å². The quantitative estimate of drug-likeness (QED) is 0.554. The summed E-state index contributed by atoms with van der Waals surface area (Å²) in [4.78, 5) is 0. The first kappa shape index (κ1) is 7.80. The van der Waals surface area contributed by atoms with E-state index in [0.29, 0.717) is 0 Å². The summed E-state index contributed by atoms with van der Waals surface area (Å²) < 4.78 is 0. The fraction of sp³-hybridized carbons (Fsp3) is 0.778. The number of aliphatic hydroxyl groups is 1. The van der Waals surface area contributed by atoms with Gasteiger partial charge in [0.1, 0.15) is 0 Å². The number of hydrogen-bond donors (Lipinski definition) is 1. The molecular weight excluding hydrogens is 124 g/mol. The number of aliphatic hydroxyl groups excluding tert-OH is 1. The van der Waals surface area contributed by atoms with E-state index in [1.807, 2.05) is 13.0 Å². The van der Waals surface area contributed by atoms with Gasteiger partial charge >= 0.3 is 0 Å². The van der Waals surface area contributed by atoms with Crippen molar-refractivity contribution < 1.29 is 5.11 Å². The third-order valence-electron chi connectivity index (χ3n) is 1.97. The Bertz CT molecular complexity index is 117. The van der Waals surface area contributed by atoms with Gasteiger partial charge in [0.2, 0.25) is 0 Å². The fourth-order valence-electron chi connectivity index (χ4n) is 1.51. The van der Waals surface area contributed by atoms with Crippen molar-refractivity contribution in [3.05, 3.63) is 11.6 Å². The van der Waals surface area contributed by atoms with E-state index in [1.165, 1.54) is 37.7 Å². The van der Waals surface area contributed by atoms with Crippen LogP contribution in [0.5, 0.6) is 0 Å². The third kappa shape index (κ3) is 2.53. The molecule has 0 aromatic carbocycles. The summed E-state index contributed by atoms with van der Waals surface area (Å²) in [7, 11) is 0. The molecule has 1 heteroatoms. The van der Waals surface area contributed by atoms with Gasteiger partial charge in [0, 0.05) is 0 Å². The van der Waals surface area contributed by atoms with Gasteiger partial charge in [0.25, 0.3) is 0 Å². The Balaban J connectivity index is 2.37. The van der Waals surface area contributed by atoms with Crippen LogP contribution in [0.4, 0.5) is 0 Å². The summed E-state index contributed by atoms with van der Waals surface area (Å²) in [5, 5.41) is 9.03. The first-order valence-electron chi connectivity index (χ1n) is 4.16. The number of hydrogen-bond acceptors (Lipinski definition) is 1. The molecule has 0 amide bonds. The van der Waals surface area contributed by atoms with E-state index >= 15 is 0 Å². The van der Waals surface area contributed by atoms with Crippen LogP contribution in [0.3, 0.4) is 0 Å². The van der Waals surface area contributed by atoms with Crippen molar-refractivity contribution in [2.45, 2.75) is 45.1 Å². The molecular formula is C9H16O.